The van der Waals surface area contributed by atoms with Crippen LogP contribution in [0.1, 0.15) is 54.4 Å². The minimum Gasteiger partial charge on any atom is -0.354 e. The first-order valence-corrected chi connectivity index (χ1v) is 7.91. The number of carbonyl (C=O) groups is 1. The molecule has 0 saturated heterocycles. The molecule has 0 aliphatic heterocycles. The van der Waals surface area contributed by atoms with Crippen molar-refractivity contribution in [2.45, 2.75) is 64.7 Å². The number of thioether (sulfide) groups is 1. The highest BCUT2D eigenvalue weighted by molar-refractivity contribution is 8.00. The molecule has 0 fully saturated rings. The summed E-state index contributed by atoms with van der Waals surface area (Å²) in [6.45, 7) is 12.7. The lowest BCUT2D eigenvalue weighted by atomic mass is 9.74. The number of rotatable bonds is 7. The lowest BCUT2D eigenvalue weighted by Crippen LogP contribution is -2.57. The molecule has 0 spiro atoms. The van der Waals surface area contributed by atoms with Crippen molar-refractivity contribution in [3.05, 3.63) is 0 Å². The molecule has 0 aromatic carbocycles. The first-order valence-electron chi connectivity index (χ1n) is 6.68. The minimum atomic E-state index is -0.571. The van der Waals surface area contributed by atoms with Crippen LogP contribution in [0.15, 0.2) is 0 Å². The van der Waals surface area contributed by atoms with Gasteiger partial charge in [-0.05, 0) is 46.8 Å². The topological polar surface area (TPSA) is 55.1 Å². The Bertz CT molecular complexity index is 270. The van der Waals surface area contributed by atoms with E-state index in [2.05, 4.69) is 25.4 Å². The van der Waals surface area contributed by atoms with E-state index in [4.69, 9.17) is 5.73 Å². The summed E-state index contributed by atoms with van der Waals surface area (Å²) in [5, 5.41) is 3.08. The summed E-state index contributed by atoms with van der Waals surface area (Å²) in [6, 6.07) is 0. The summed E-state index contributed by atoms with van der Waals surface area (Å²) in [5.74, 6) is 0.0373. The van der Waals surface area contributed by atoms with Gasteiger partial charge in [0.2, 0.25) is 5.91 Å². The zero-order chi connectivity index (χ0) is 14.6. The van der Waals surface area contributed by atoms with E-state index >= 15 is 0 Å². The maximum Gasteiger partial charge on any atom is 0.227 e. The number of hydrogen-bond donors (Lipinski definition) is 2. The summed E-state index contributed by atoms with van der Waals surface area (Å²) in [4.78, 5) is 12.3. The normalized spacial score (nSPS) is 13.6. The van der Waals surface area contributed by atoms with Gasteiger partial charge in [0.25, 0.3) is 0 Å². The molecule has 108 valence electrons. The summed E-state index contributed by atoms with van der Waals surface area (Å²) in [6.07, 6.45) is 4.21. The standard InChI is InChI=1S/C14H30N2OS/c1-8-14(9-2,18-7)10-16-11(17)12(3,4)13(5,6)15/h8-10,15H2,1-7H3,(H,16,17). The molecular formula is C14H30N2OS. The summed E-state index contributed by atoms with van der Waals surface area (Å²) >= 11 is 1.83. The van der Waals surface area contributed by atoms with E-state index < -0.39 is 11.0 Å². The van der Waals surface area contributed by atoms with E-state index in [0.29, 0.717) is 6.54 Å². The Morgan fingerprint density at radius 1 is 1.17 bits per heavy atom. The Kier molecular flexibility index (Phi) is 6.21. The first-order chi connectivity index (χ1) is 8.06. The SMILES string of the molecule is CCC(CC)(CNC(=O)C(C)(C)C(C)(C)N)SC. The fraction of sp³-hybridized carbons (Fsp3) is 0.929. The van der Waals surface area contributed by atoms with Gasteiger partial charge in [-0.15, -0.1) is 0 Å². The van der Waals surface area contributed by atoms with E-state index in [1.165, 1.54) is 0 Å². The van der Waals surface area contributed by atoms with Gasteiger partial charge in [0.15, 0.2) is 0 Å². The van der Waals surface area contributed by atoms with Gasteiger partial charge in [-0.3, -0.25) is 4.79 Å². The molecule has 0 rings (SSSR count). The van der Waals surface area contributed by atoms with Gasteiger partial charge in [-0.2, -0.15) is 11.8 Å². The Morgan fingerprint density at radius 2 is 1.61 bits per heavy atom. The molecule has 0 saturated carbocycles. The largest absolute Gasteiger partial charge is 0.354 e. The van der Waals surface area contributed by atoms with Crippen LogP contribution in [0.5, 0.6) is 0 Å². The van der Waals surface area contributed by atoms with Crippen LogP contribution < -0.4 is 11.1 Å². The van der Waals surface area contributed by atoms with Crippen molar-refractivity contribution in [2.24, 2.45) is 11.1 Å². The molecule has 0 heterocycles. The maximum atomic E-state index is 12.3. The van der Waals surface area contributed by atoms with E-state index in [9.17, 15) is 4.79 Å². The summed E-state index contributed by atoms with van der Waals surface area (Å²) in [7, 11) is 0. The highest BCUT2D eigenvalue weighted by Crippen LogP contribution is 2.31. The maximum absolute atomic E-state index is 12.3. The third-order valence-electron chi connectivity index (χ3n) is 4.47. The predicted molar refractivity (Wildman–Crippen MR) is 81.9 cm³/mol. The zero-order valence-corrected chi connectivity index (χ0v) is 13.8. The molecule has 0 atom stereocenters. The van der Waals surface area contributed by atoms with Gasteiger partial charge in [-0.1, -0.05) is 13.8 Å². The second-order valence-electron chi connectivity index (χ2n) is 6.12. The number of nitrogens with one attached hydrogen (secondary N) is 1. The molecule has 0 aromatic rings. The molecular weight excluding hydrogens is 244 g/mol. The predicted octanol–water partition coefficient (Wildman–Crippen LogP) is 2.79. The van der Waals surface area contributed by atoms with Gasteiger partial charge in [0.1, 0.15) is 0 Å². The molecule has 0 aliphatic carbocycles. The molecule has 3 nitrogen and oxygen atoms in total. The molecule has 0 bridgehead atoms. The molecule has 0 radical (unpaired) electrons. The third kappa shape index (κ3) is 3.89. The number of hydrogen-bond acceptors (Lipinski definition) is 3. The second kappa shape index (κ2) is 6.29. The highest BCUT2D eigenvalue weighted by Gasteiger charge is 2.41. The zero-order valence-electron chi connectivity index (χ0n) is 13.0. The van der Waals surface area contributed by atoms with Crippen LogP contribution in [0.2, 0.25) is 0 Å². The minimum absolute atomic E-state index is 0.0373. The summed E-state index contributed by atoms with van der Waals surface area (Å²) < 4.78 is 0.143. The molecule has 0 aliphatic rings. The fourth-order valence-electron chi connectivity index (χ4n) is 1.62. The fourth-order valence-corrected chi connectivity index (χ4v) is 2.41. The number of nitrogens with two attached hydrogens (primary N) is 1. The van der Waals surface area contributed by atoms with Gasteiger partial charge in [0, 0.05) is 16.8 Å². The van der Waals surface area contributed by atoms with Crippen LogP contribution in [0.25, 0.3) is 0 Å². The van der Waals surface area contributed by atoms with Crippen LogP contribution in [-0.2, 0) is 4.79 Å². The molecule has 0 aromatic heterocycles. The van der Waals surface area contributed by atoms with Gasteiger partial charge >= 0.3 is 0 Å². The van der Waals surface area contributed by atoms with E-state index in [0.717, 1.165) is 12.8 Å². The lowest BCUT2D eigenvalue weighted by molar-refractivity contribution is -0.132. The monoisotopic (exact) mass is 274 g/mol. The summed E-state index contributed by atoms with van der Waals surface area (Å²) in [5.41, 5.74) is 4.98. The quantitative estimate of drug-likeness (QED) is 0.750. The van der Waals surface area contributed by atoms with E-state index in [1.54, 1.807) is 0 Å². The Morgan fingerprint density at radius 3 is 1.89 bits per heavy atom. The molecule has 18 heavy (non-hydrogen) atoms. The Hall–Kier alpha value is -0.220. The van der Waals surface area contributed by atoms with Crippen LogP contribution >= 0.6 is 11.8 Å². The Labute approximate surface area is 117 Å². The van der Waals surface area contributed by atoms with Crippen LogP contribution in [0, 0.1) is 5.41 Å². The van der Waals surface area contributed by atoms with Crippen molar-refractivity contribution < 1.29 is 4.79 Å². The highest BCUT2D eigenvalue weighted by atomic mass is 32.2. The first kappa shape index (κ1) is 17.8. The van der Waals surface area contributed by atoms with Gasteiger partial charge in [-0.25, -0.2) is 0 Å². The van der Waals surface area contributed by atoms with Gasteiger partial charge in [0.05, 0.1) is 5.41 Å². The van der Waals surface area contributed by atoms with Crippen LogP contribution in [0.3, 0.4) is 0 Å². The average molecular weight is 274 g/mol. The average Bonchev–Trinajstić information content (AvgIpc) is 2.29. The van der Waals surface area contributed by atoms with E-state index in [1.807, 2.05) is 39.5 Å². The van der Waals surface area contributed by atoms with Crippen molar-refractivity contribution in [1.82, 2.24) is 5.32 Å². The third-order valence-corrected chi connectivity index (χ3v) is 6.06. The lowest BCUT2D eigenvalue weighted by Gasteiger charge is -2.38. The molecule has 3 N–H and O–H groups in total. The smallest absolute Gasteiger partial charge is 0.227 e. The van der Waals surface area contributed by atoms with Gasteiger partial charge < -0.3 is 11.1 Å². The number of amides is 1. The molecule has 4 heteroatoms. The van der Waals surface area contributed by atoms with Crippen molar-refractivity contribution in [3.8, 4) is 0 Å². The second-order valence-corrected chi connectivity index (χ2v) is 7.40. The number of carbonyl (C=O) groups excluding carboxylic acids is 1. The molecule has 1 amide bonds. The molecule has 0 unspecified atom stereocenters. The van der Waals surface area contributed by atoms with Crippen LogP contribution in [-0.4, -0.2) is 29.0 Å². The van der Waals surface area contributed by atoms with E-state index in [-0.39, 0.29) is 10.7 Å². The van der Waals surface area contributed by atoms with Crippen molar-refractivity contribution in [3.63, 3.8) is 0 Å². The van der Waals surface area contributed by atoms with Crippen molar-refractivity contribution in [2.75, 3.05) is 12.8 Å². The van der Waals surface area contributed by atoms with Crippen molar-refractivity contribution >= 4 is 17.7 Å². The van der Waals surface area contributed by atoms with Crippen LogP contribution in [0.4, 0.5) is 0 Å². The van der Waals surface area contributed by atoms with Crippen molar-refractivity contribution in [1.29, 1.82) is 0 Å². The Balaban J connectivity index is 4.70.